The Hall–Kier alpha value is -3.40. The highest BCUT2D eigenvalue weighted by Gasteiger charge is 1.99. The van der Waals surface area contributed by atoms with Crippen LogP contribution in [0.2, 0.25) is 0 Å². The van der Waals surface area contributed by atoms with Crippen molar-refractivity contribution in [3.63, 3.8) is 0 Å². The highest BCUT2D eigenvalue weighted by molar-refractivity contribution is 5.88. The Balaban J connectivity index is 0.000000400. The minimum atomic E-state index is -0.902. The Morgan fingerprint density at radius 3 is 1.08 bits per heavy atom. The third-order valence-electron chi connectivity index (χ3n) is 2.79. The first-order chi connectivity index (χ1) is 11.5. The van der Waals surface area contributed by atoms with Crippen LogP contribution in [0.25, 0.3) is 12.2 Å². The average molecular weight is 324 g/mol. The van der Waals surface area contributed by atoms with Gasteiger partial charge in [0, 0.05) is 0 Å². The van der Waals surface area contributed by atoms with Crippen molar-refractivity contribution in [3.8, 4) is 0 Å². The van der Waals surface area contributed by atoms with Crippen LogP contribution in [0.5, 0.6) is 0 Å². The summed E-state index contributed by atoms with van der Waals surface area (Å²) < 4.78 is 0. The summed E-state index contributed by atoms with van der Waals surface area (Å²) in [5.41, 5.74) is 2.45. The molecule has 0 saturated heterocycles. The van der Waals surface area contributed by atoms with E-state index in [0.717, 1.165) is 11.1 Å². The summed E-state index contributed by atoms with van der Waals surface area (Å²) in [6.07, 6.45) is 3.34. The second-order valence-electron chi connectivity index (χ2n) is 4.26. The number of benzene rings is 2. The molecule has 0 bridgehead atoms. The quantitative estimate of drug-likeness (QED) is 0.788. The lowest BCUT2D eigenvalue weighted by Gasteiger charge is -1.93. The lowest BCUT2D eigenvalue weighted by Crippen LogP contribution is -1.94. The second kappa shape index (κ2) is 11.2. The third-order valence-corrected chi connectivity index (χ3v) is 2.79. The maximum atomic E-state index is 10.4. The normalized spacial score (nSPS) is 8.50. The molecule has 124 valence electrons. The van der Waals surface area contributed by atoms with Crippen molar-refractivity contribution in [3.05, 3.63) is 97.1 Å². The summed E-state index contributed by atoms with van der Waals surface area (Å²) in [7, 11) is 0. The van der Waals surface area contributed by atoms with Crippen LogP contribution in [0.3, 0.4) is 0 Å². The standard InChI is InChI=1S/2C9H8O2.C2H4/c2*1-2-7-3-5-8(6-4-7)9(10)11;1-2/h2*2-6H,1H2,(H,10,11);1-2H2. The van der Waals surface area contributed by atoms with Gasteiger partial charge in [-0.25, -0.2) is 9.59 Å². The van der Waals surface area contributed by atoms with Crippen LogP contribution in [0.4, 0.5) is 0 Å². The molecule has 0 aliphatic carbocycles. The molecule has 0 saturated carbocycles. The van der Waals surface area contributed by atoms with E-state index in [2.05, 4.69) is 26.3 Å². The molecule has 0 aromatic heterocycles. The lowest BCUT2D eigenvalue weighted by atomic mass is 10.1. The van der Waals surface area contributed by atoms with E-state index in [0.29, 0.717) is 11.1 Å². The molecule has 2 aromatic rings. The van der Waals surface area contributed by atoms with Crippen molar-refractivity contribution in [1.29, 1.82) is 0 Å². The molecule has 24 heavy (non-hydrogen) atoms. The van der Waals surface area contributed by atoms with E-state index in [1.54, 1.807) is 60.7 Å². The molecule has 0 aliphatic rings. The molecule has 2 rings (SSSR count). The van der Waals surface area contributed by atoms with Crippen LogP contribution in [-0.4, -0.2) is 22.2 Å². The summed E-state index contributed by atoms with van der Waals surface area (Å²) in [6, 6.07) is 13.1. The van der Waals surface area contributed by atoms with Crippen LogP contribution in [0.15, 0.2) is 74.8 Å². The van der Waals surface area contributed by atoms with Crippen LogP contribution in [-0.2, 0) is 0 Å². The summed E-state index contributed by atoms with van der Waals surface area (Å²) in [5, 5.41) is 17.0. The minimum Gasteiger partial charge on any atom is -0.478 e. The topological polar surface area (TPSA) is 74.6 Å². The Bertz CT molecular complexity index is 621. The predicted octanol–water partition coefficient (Wildman–Crippen LogP) is 4.86. The monoisotopic (exact) mass is 324 g/mol. The molecular weight excluding hydrogens is 304 g/mol. The summed E-state index contributed by atoms with van der Waals surface area (Å²) in [5.74, 6) is -1.80. The molecule has 0 spiro atoms. The number of hydrogen-bond acceptors (Lipinski definition) is 2. The van der Waals surface area contributed by atoms with Gasteiger partial charge in [-0.2, -0.15) is 0 Å². The molecule has 0 atom stereocenters. The summed E-state index contributed by atoms with van der Waals surface area (Å²) in [6.45, 7) is 13.1. The molecular formula is C20H20O4. The van der Waals surface area contributed by atoms with E-state index in [9.17, 15) is 9.59 Å². The van der Waals surface area contributed by atoms with E-state index < -0.39 is 11.9 Å². The summed E-state index contributed by atoms with van der Waals surface area (Å²) >= 11 is 0. The predicted molar refractivity (Wildman–Crippen MR) is 98.2 cm³/mol. The third kappa shape index (κ3) is 7.04. The molecule has 0 fully saturated rings. The van der Waals surface area contributed by atoms with E-state index in [4.69, 9.17) is 10.2 Å². The van der Waals surface area contributed by atoms with Gasteiger partial charge in [-0.1, -0.05) is 49.6 Å². The van der Waals surface area contributed by atoms with Crippen molar-refractivity contribution in [2.24, 2.45) is 0 Å². The molecule has 2 N–H and O–H groups in total. The SMILES string of the molecule is C=C.C=Cc1ccc(C(=O)O)cc1.C=Cc1ccc(C(=O)O)cc1. The van der Waals surface area contributed by atoms with Crippen molar-refractivity contribution in [2.45, 2.75) is 0 Å². The van der Waals surface area contributed by atoms with Gasteiger partial charge in [0.05, 0.1) is 11.1 Å². The van der Waals surface area contributed by atoms with Crippen molar-refractivity contribution in [1.82, 2.24) is 0 Å². The number of aromatic carboxylic acids is 2. The molecule has 4 heteroatoms. The molecule has 4 nitrogen and oxygen atoms in total. The Morgan fingerprint density at radius 2 is 0.917 bits per heavy atom. The number of hydrogen-bond donors (Lipinski definition) is 2. The first-order valence-electron chi connectivity index (χ1n) is 6.89. The maximum absolute atomic E-state index is 10.4. The number of carboxylic acids is 2. The van der Waals surface area contributed by atoms with E-state index in [-0.39, 0.29) is 0 Å². The van der Waals surface area contributed by atoms with Crippen molar-refractivity contribution < 1.29 is 19.8 Å². The fourth-order valence-electron chi connectivity index (χ4n) is 1.52. The summed E-state index contributed by atoms with van der Waals surface area (Å²) in [4.78, 5) is 20.7. The van der Waals surface area contributed by atoms with Crippen LogP contribution < -0.4 is 0 Å². The van der Waals surface area contributed by atoms with E-state index in [1.165, 1.54) is 0 Å². The highest BCUT2D eigenvalue weighted by atomic mass is 16.4. The van der Waals surface area contributed by atoms with Gasteiger partial charge in [0.1, 0.15) is 0 Å². The van der Waals surface area contributed by atoms with Gasteiger partial charge in [-0.15, -0.1) is 13.2 Å². The minimum absolute atomic E-state index is 0.301. The fourth-order valence-corrected chi connectivity index (χ4v) is 1.52. The zero-order valence-corrected chi connectivity index (χ0v) is 13.3. The zero-order chi connectivity index (χ0) is 18.5. The molecule has 0 heterocycles. The van der Waals surface area contributed by atoms with Crippen molar-refractivity contribution >= 4 is 24.1 Å². The Morgan fingerprint density at radius 1 is 0.667 bits per heavy atom. The average Bonchev–Trinajstić information content (AvgIpc) is 2.64. The smallest absolute Gasteiger partial charge is 0.335 e. The first kappa shape index (κ1) is 20.6. The van der Waals surface area contributed by atoms with Crippen LogP contribution >= 0.6 is 0 Å². The fraction of sp³-hybridized carbons (Fsp3) is 0. The van der Waals surface area contributed by atoms with Gasteiger partial charge in [0.15, 0.2) is 0 Å². The van der Waals surface area contributed by atoms with Gasteiger partial charge in [-0.05, 0) is 35.4 Å². The van der Waals surface area contributed by atoms with Gasteiger partial charge in [-0.3, -0.25) is 0 Å². The lowest BCUT2D eigenvalue weighted by molar-refractivity contribution is 0.0686. The molecule has 0 unspecified atom stereocenters. The molecule has 0 radical (unpaired) electrons. The van der Waals surface area contributed by atoms with Crippen molar-refractivity contribution in [2.75, 3.05) is 0 Å². The second-order valence-corrected chi connectivity index (χ2v) is 4.26. The van der Waals surface area contributed by atoms with Gasteiger partial charge >= 0.3 is 11.9 Å². The number of rotatable bonds is 4. The largest absolute Gasteiger partial charge is 0.478 e. The highest BCUT2D eigenvalue weighted by Crippen LogP contribution is 2.05. The van der Waals surface area contributed by atoms with Gasteiger partial charge < -0.3 is 10.2 Å². The zero-order valence-electron chi connectivity index (χ0n) is 13.3. The van der Waals surface area contributed by atoms with Crippen LogP contribution in [0.1, 0.15) is 31.8 Å². The molecule has 0 amide bonds. The van der Waals surface area contributed by atoms with Crippen LogP contribution in [0, 0.1) is 0 Å². The molecule has 0 aliphatic heterocycles. The number of carbonyl (C=O) groups is 2. The Labute approximate surface area is 141 Å². The van der Waals surface area contributed by atoms with Gasteiger partial charge in [0.25, 0.3) is 0 Å². The number of carboxylic acid groups (broad SMARTS) is 2. The maximum Gasteiger partial charge on any atom is 0.335 e. The van der Waals surface area contributed by atoms with Gasteiger partial charge in [0.2, 0.25) is 0 Å². The van der Waals surface area contributed by atoms with E-state index >= 15 is 0 Å². The Kier molecular flexibility index (Phi) is 9.62. The first-order valence-corrected chi connectivity index (χ1v) is 6.89. The van der Waals surface area contributed by atoms with E-state index in [1.807, 2.05) is 0 Å². The molecule has 2 aromatic carbocycles.